The summed E-state index contributed by atoms with van der Waals surface area (Å²) in [7, 11) is 1.66. The maximum absolute atomic E-state index is 5.94. The first-order valence-electron chi connectivity index (χ1n) is 4.86. The number of hydrogen-bond donors (Lipinski definition) is 1. The minimum Gasteiger partial charge on any atom is -0.497 e. The molecule has 1 unspecified atom stereocenters. The van der Waals surface area contributed by atoms with E-state index < -0.39 is 0 Å². The average Bonchev–Trinajstić information content (AvgIpc) is 2.21. The van der Waals surface area contributed by atoms with E-state index in [0.717, 1.165) is 23.1 Å². The molecule has 1 rings (SSSR count). The van der Waals surface area contributed by atoms with Gasteiger partial charge in [-0.3, -0.25) is 0 Å². The van der Waals surface area contributed by atoms with Gasteiger partial charge in [-0.2, -0.15) is 0 Å². The fraction of sp³-hybridized carbons (Fsp3) is 0.333. The zero-order valence-electron chi connectivity index (χ0n) is 8.87. The molecule has 0 radical (unpaired) electrons. The van der Waals surface area contributed by atoms with Gasteiger partial charge in [-0.05, 0) is 36.6 Å². The summed E-state index contributed by atoms with van der Waals surface area (Å²) in [6, 6.07) is 6.03. The summed E-state index contributed by atoms with van der Waals surface area (Å²) in [6.07, 6.45) is 3.49. The Morgan fingerprint density at radius 3 is 2.93 bits per heavy atom. The summed E-state index contributed by atoms with van der Waals surface area (Å²) in [4.78, 5) is 0. The number of nitrogens with two attached hydrogens (primary N) is 1. The molecule has 0 aliphatic heterocycles. The molecule has 82 valence electrons. The Morgan fingerprint density at radius 2 is 2.33 bits per heavy atom. The van der Waals surface area contributed by atoms with Crippen LogP contribution in [0.1, 0.15) is 12.0 Å². The van der Waals surface area contributed by atoms with Gasteiger partial charge in [0.1, 0.15) is 5.75 Å². The van der Waals surface area contributed by atoms with Gasteiger partial charge in [0.25, 0.3) is 0 Å². The van der Waals surface area contributed by atoms with Crippen molar-refractivity contribution in [2.24, 2.45) is 5.73 Å². The predicted molar refractivity (Wildman–Crippen MR) is 67.2 cm³/mol. The number of ether oxygens (including phenoxy) is 1. The van der Waals surface area contributed by atoms with Crippen LogP contribution in [0.2, 0.25) is 0 Å². The van der Waals surface area contributed by atoms with Gasteiger partial charge in [-0.25, -0.2) is 0 Å². The summed E-state index contributed by atoms with van der Waals surface area (Å²) in [6.45, 7) is 3.68. The standard InChI is InChI=1S/C12H16BrNO/c1-3-4-10(14)7-9-8-11(15-2)5-6-12(9)13/h3,5-6,8,10H,1,4,7,14H2,2H3. The van der Waals surface area contributed by atoms with Crippen molar-refractivity contribution in [3.05, 3.63) is 40.9 Å². The summed E-state index contributed by atoms with van der Waals surface area (Å²) in [5.74, 6) is 0.860. The number of benzene rings is 1. The van der Waals surface area contributed by atoms with Crippen molar-refractivity contribution < 1.29 is 4.74 Å². The molecule has 1 atom stereocenters. The first kappa shape index (κ1) is 12.3. The van der Waals surface area contributed by atoms with E-state index in [0.29, 0.717) is 0 Å². The van der Waals surface area contributed by atoms with Crippen molar-refractivity contribution in [1.29, 1.82) is 0 Å². The molecule has 0 heterocycles. The predicted octanol–water partition coefficient (Wildman–Crippen LogP) is 2.90. The Balaban J connectivity index is 2.78. The molecule has 2 N–H and O–H groups in total. The second-order valence-electron chi connectivity index (χ2n) is 3.45. The van der Waals surface area contributed by atoms with Crippen molar-refractivity contribution in [2.75, 3.05) is 7.11 Å². The van der Waals surface area contributed by atoms with Gasteiger partial charge in [-0.15, -0.1) is 6.58 Å². The molecular formula is C12H16BrNO. The highest BCUT2D eigenvalue weighted by molar-refractivity contribution is 9.10. The Bertz CT molecular complexity index is 338. The monoisotopic (exact) mass is 269 g/mol. The van der Waals surface area contributed by atoms with E-state index in [2.05, 4.69) is 22.5 Å². The molecule has 1 aromatic carbocycles. The lowest BCUT2D eigenvalue weighted by molar-refractivity contribution is 0.414. The lowest BCUT2D eigenvalue weighted by Gasteiger charge is -2.11. The minimum absolute atomic E-state index is 0.117. The van der Waals surface area contributed by atoms with E-state index in [9.17, 15) is 0 Å². The highest BCUT2D eigenvalue weighted by atomic mass is 79.9. The third-order valence-electron chi connectivity index (χ3n) is 2.20. The molecule has 3 heteroatoms. The van der Waals surface area contributed by atoms with Crippen LogP contribution in [-0.2, 0) is 6.42 Å². The molecule has 0 bridgehead atoms. The Kier molecular flexibility index (Phi) is 4.85. The van der Waals surface area contributed by atoms with Crippen LogP contribution in [0.4, 0.5) is 0 Å². The van der Waals surface area contributed by atoms with Gasteiger partial charge in [-0.1, -0.05) is 22.0 Å². The fourth-order valence-electron chi connectivity index (χ4n) is 1.41. The summed E-state index contributed by atoms with van der Waals surface area (Å²) in [5, 5.41) is 0. The molecule has 0 saturated carbocycles. The maximum atomic E-state index is 5.94. The van der Waals surface area contributed by atoms with Gasteiger partial charge < -0.3 is 10.5 Å². The molecule has 15 heavy (non-hydrogen) atoms. The van der Waals surface area contributed by atoms with Crippen molar-refractivity contribution in [1.82, 2.24) is 0 Å². The van der Waals surface area contributed by atoms with Crippen LogP contribution < -0.4 is 10.5 Å². The summed E-state index contributed by atoms with van der Waals surface area (Å²) >= 11 is 3.50. The molecule has 0 aliphatic carbocycles. The van der Waals surface area contributed by atoms with Crippen LogP contribution in [-0.4, -0.2) is 13.2 Å². The largest absolute Gasteiger partial charge is 0.497 e. The summed E-state index contributed by atoms with van der Waals surface area (Å²) < 4.78 is 6.24. The molecule has 0 saturated heterocycles. The smallest absolute Gasteiger partial charge is 0.119 e. The van der Waals surface area contributed by atoms with E-state index in [1.54, 1.807) is 7.11 Å². The van der Waals surface area contributed by atoms with Crippen LogP contribution in [0.3, 0.4) is 0 Å². The van der Waals surface area contributed by atoms with Gasteiger partial charge in [0, 0.05) is 10.5 Å². The van der Waals surface area contributed by atoms with Gasteiger partial charge in [0.15, 0.2) is 0 Å². The SMILES string of the molecule is C=CCC(N)Cc1cc(OC)ccc1Br. The molecule has 0 aromatic heterocycles. The second kappa shape index (κ2) is 5.93. The fourth-order valence-corrected chi connectivity index (χ4v) is 1.82. The van der Waals surface area contributed by atoms with Crippen LogP contribution >= 0.6 is 15.9 Å². The second-order valence-corrected chi connectivity index (χ2v) is 4.30. The molecule has 0 spiro atoms. The zero-order chi connectivity index (χ0) is 11.3. The van der Waals surface area contributed by atoms with E-state index in [-0.39, 0.29) is 6.04 Å². The van der Waals surface area contributed by atoms with Gasteiger partial charge >= 0.3 is 0 Å². The van der Waals surface area contributed by atoms with E-state index >= 15 is 0 Å². The van der Waals surface area contributed by atoms with Crippen molar-refractivity contribution in [3.8, 4) is 5.75 Å². The summed E-state index contributed by atoms with van der Waals surface area (Å²) in [5.41, 5.74) is 7.11. The van der Waals surface area contributed by atoms with Gasteiger partial charge in [0.05, 0.1) is 7.11 Å². The van der Waals surface area contributed by atoms with E-state index in [1.165, 1.54) is 5.56 Å². The van der Waals surface area contributed by atoms with Crippen LogP contribution in [0.25, 0.3) is 0 Å². The average molecular weight is 270 g/mol. The Labute approximate surface area is 99.3 Å². The molecule has 0 fully saturated rings. The number of halogens is 1. The normalized spacial score (nSPS) is 12.2. The zero-order valence-corrected chi connectivity index (χ0v) is 10.5. The molecular weight excluding hydrogens is 254 g/mol. The first-order valence-corrected chi connectivity index (χ1v) is 5.65. The van der Waals surface area contributed by atoms with E-state index in [4.69, 9.17) is 10.5 Å². The lowest BCUT2D eigenvalue weighted by atomic mass is 10.0. The first-order chi connectivity index (χ1) is 7.17. The maximum Gasteiger partial charge on any atom is 0.119 e. The molecule has 1 aromatic rings. The van der Waals surface area contributed by atoms with Crippen molar-refractivity contribution in [3.63, 3.8) is 0 Å². The Morgan fingerprint density at radius 1 is 1.60 bits per heavy atom. The quantitative estimate of drug-likeness (QED) is 0.835. The minimum atomic E-state index is 0.117. The third-order valence-corrected chi connectivity index (χ3v) is 2.98. The molecule has 0 amide bonds. The lowest BCUT2D eigenvalue weighted by Crippen LogP contribution is -2.21. The van der Waals surface area contributed by atoms with Gasteiger partial charge in [0.2, 0.25) is 0 Å². The molecule has 2 nitrogen and oxygen atoms in total. The highest BCUT2D eigenvalue weighted by Gasteiger charge is 2.06. The number of hydrogen-bond acceptors (Lipinski definition) is 2. The topological polar surface area (TPSA) is 35.2 Å². The van der Waals surface area contributed by atoms with Crippen LogP contribution in [0.5, 0.6) is 5.75 Å². The van der Waals surface area contributed by atoms with E-state index in [1.807, 2.05) is 24.3 Å². The van der Waals surface area contributed by atoms with Crippen LogP contribution in [0.15, 0.2) is 35.3 Å². The van der Waals surface area contributed by atoms with Crippen LogP contribution in [0, 0.1) is 0 Å². The molecule has 0 aliphatic rings. The van der Waals surface area contributed by atoms with Crippen molar-refractivity contribution in [2.45, 2.75) is 18.9 Å². The number of rotatable bonds is 5. The van der Waals surface area contributed by atoms with Crippen molar-refractivity contribution >= 4 is 15.9 Å². The third kappa shape index (κ3) is 3.68. The number of methoxy groups -OCH3 is 1. The highest BCUT2D eigenvalue weighted by Crippen LogP contribution is 2.23. The Hall–Kier alpha value is -0.800.